The molecule has 8 heteroatoms. The second-order valence-corrected chi connectivity index (χ2v) is 5.16. The zero-order chi connectivity index (χ0) is 14.7. The fourth-order valence-corrected chi connectivity index (χ4v) is 2.36. The van der Waals surface area contributed by atoms with Crippen LogP contribution in [-0.4, -0.2) is 25.9 Å². The number of anilines is 2. The third kappa shape index (κ3) is 3.23. The molecule has 0 atom stereocenters. The van der Waals surface area contributed by atoms with Crippen molar-refractivity contribution in [1.82, 2.24) is 20.0 Å². The second-order valence-electron chi connectivity index (χ2n) is 4.27. The van der Waals surface area contributed by atoms with Gasteiger partial charge in [0, 0.05) is 11.1 Å². The highest BCUT2D eigenvalue weighted by Gasteiger charge is 2.07. The average molecular weight is 300 g/mol. The van der Waals surface area contributed by atoms with Crippen LogP contribution in [0.25, 0.3) is 5.69 Å². The fourth-order valence-electron chi connectivity index (χ4n) is 1.80. The normalized spacial score (nSPS) is 10.5. The minimum absolute atomic E-state index is 0.134. The van der Waals surface area contributed by atoms with Crippen LogP contribution in [0.4, 0.5) is 10.8 Å². The number of rotatable bonds is 4. The Balaban J connectivity index is 1.63. The van der Waals surface area contributed by atoms with E-state index in [0.29, 0.717) is 16.5 Å². The third-order valence-electron chi connectivity index (χ3n) is 2.71. The third-order valence-corrected chi connectivity index (χ3v) is 3.43. The molecule has 0 fully saturated rings. The molecule has 2 aromatic heterocycles. The van der Waals surface area contributed by atoms with Gasteiger partial charge in [-0.05, 0) is 24.3 Å². The van der Waals surface area contributed by atoms with Crippen molar-refractivity contribution in [3.8, 4) is 5.69 Å². The summed E-state index contributed by atoms with van der Waals surface area (Å²) in [7, 11) is 0. The molecule has 3 aromatic rings. The molecule has 0 aliphatic rings. The maximum absolute atomic E-state index is 11.9. The van der Waals surface area contributed by atoms with Gasteiger partial charge in [0.2, 0.25) is 5.91 Å². The predicted octanol–water partition coefficient (Wildman–Crippen LogP) is 1.49. The van der Waals surface area contributed by atoms with Crippen LogP contribution in [0.5, 0.6) is 0 Å². The monoisotopic (exact) mass is 300 g/mol. The maximum Gasteiger partial charge on any atom is 0.230 e. The second kappa shape index (κ2) is 5.71. The molecule has 3 N–H and O–H groups in total. The van der Waals surface area contributed by atoms with Crippen LogP contribution < -0.4 is 11.1 Å². The molecule has 0 unspecified atom stereocenters. The van der Waals surface area contributed by atoms with Crippen molar-refractivity contribution in [2.75, 3.05) is 11.1 Å². The quantitative estimate of drug-likeness (QED) is 0.760. The highest BCUT2D eigenvalue weighted by molar-refractivity contribution is 7.13. The van der Waals surface area contributed by atoms with E-state index in [-0.39, 0.29) is 12.3 Å². The lowest BCUT2D eigenvalue weighted by molar-refractivity contribution is -0.115. The molecule has 21 heavy (non-hydrogen) atoms. The van der Waals surface area contributed by atoms with E-state index < -0.39 is 0 Å². The number of amides is 1. The van der Waals surface area contributed by atoms with Crippen molar-refractivity contribution in [2.24, 2.45) is 0 Å². The predicted molar refractivity (Wildman–Crippen MR) is 80.2 cm³/mol. The Morgan fingerprint density at radius 1 is 1.24 bits per heavy atom. The number of carbonyl (C=O) groups excluding carboxylic acids is 1. The fraction of sp³-hybridized carbons (Fsp3) is 0.0769. The number of hydrogen-bond acceptors (Lipinski definition) is 6. The molecule has 1 amide bonds. The van der Waals surface area contributed by atoms with Gasteiger partial charge in [-0.25, -0.2) is 4.98 Å². The van der Waals surface area contributed by atoms with E-state index in [4.69, 9.17) is 5.73 Å². The Hall–Kier alpha value is -2.74. The Morgan fingerprint density at radius 3 is 2.57 bits per heavy atom. The van der Waals surface area contributed by atoms with Crippen LogP contribution in [0, 0.1) is 0 Å². The summed E-state index contributed by atoms with van der Waals surface area (Å²) in [6.07, 6.45) is 3.42. The van der Waals surface area contributed by atoms with Gasteiger partial charge in [-0.3, -0.25) is 4.79 Å². The Kier molecular flexibility index (Phi) is 3.61. The van der Waals surface area contributed by atoms with E-state index in [2.05, 4.69) is 20.5 Å². The molecule has 7 nitrogen and oxygen atoms in total. The van der Waals surface area contributed by atoms with Crippen molar-refractivity contribution in [1.29, 1.82) is 0 Å². The lowest BCUT2D eigenvalue weighted by atomic mass is 10.2. The average Bonchev–Trinajstić information content (AvgIpc) is 3.11. The van der Waals surface area contributed by atoms with Crippen molar-refractivity contribution in [2.45, 2.75) is 6.42 Å². The summed E-state index contributed by atoms with van der Waals surface area (Å²) in [5.74, 6) is -0.134. The molecule has 0 saturated carbocycles. The molecule has 1 aromatic carbocycles. The van der Waals surface area contributed by atoms with Gasteiger partial charge in [-0.2, -0.15) is 15.0 Å². The summed E-state index contributed by atoms with van der Waals surface area (Å²) >= 11 is 1.32. The van der Waals surface area contributed by atoms with Gasteiger partial charge in [0.1, 0.15) is 0 Å². The molecule has 0 spiro atoms. The summed E-state index contributed by atoms with van der Waals surface area (Å²) in [6, 6.07) is 7.25. The smallest absolute Gasteiger partial charge is 0.230 e. The molecule has 0 aliphatic heterocycles. The molecule has 3 rings (SSSR count). The van der Waals surface area contributed by atoms with Gasteiger partial charge in [0.25, 0.3) is 0 Å². The zero-order valence-corrected chi connectivity index (χ0v) is 11.7. The molecule has 0 radical (unpaired) electrons. The first-order valence-corrected chi connectivity index (χ1v) is 7.05. The largest absolute Gasteiger partial charge is 0.375 e. The van der Waals surface area contributed by atoms with Crippen LogP contribution in [-0.2, 0) is 11.2 Å². The summed E-state index contributed by atoms with van der Waals surface area (Å²) in [6.45, 7) is 0. The lowest BCUT2D eigenvalue weighted by Gasteiger charge is -2.05. The lowest BCUT2D eigenvalue weighted by Crippen LogP contribution is -2.14. The number of hydrogen-bond donors (Lipinski definition) is 2. The summed E-state index contributed by atoms with van der Waals surface area (Å²) in [5.41, 5.74) is 7.74. The van der Waals surface area contributed by atoms with E-state index in [9.17, 15) is 4.79 Å². The first-order valence-electron chi connectivity index (χ1n) is 6.17. The molecular formula is C13H12N6OS. The number of nitrogens with one attached hydrogen (secondary N) is 1. The Morgan fingerprint density at radius 2 is 1.95 bits per heavy atom. The molecule has 0 bridgehead atoms. The highest BCUT2D eigenvalue weighted by atomic mass is 32.1. The first-order chi connectivity index (χ1) is 10.2. The van der Waals surface area contributed by atoms with Gasteiger partial charge in [-0.1, -0.05) is 0 Å². The van der Waals surface area contributed by atoms with Crippen molar-refractivity contribution in [3.05, 3.63) is 47.7 Å². The van der Waals surface area contributed by atoms with E-state index in [0.717, 1.165) is 5.69 Å². The Bertz CT molecular complexity index is 734. The topological polar surface area (TPSA) is 98.7 Å². The van der Waals surface area contributed by atoms with Crippen LogP contribution in [0.15, 0.2) is 42.0 Å². The van der Waals surface area contributed by atoms with E-state index in [1.807, 2.05) is 12.1 Å². The van der Waals surface area contributed by atoms with Crippen molar-refractivity contribution < 1.29 is 4.79 Å². The minimum Gasteiger partial charge on any atom is -0.375 e. The van der Waals surface area contributed by atoms with Gasteiger partial charge >= 0.3 is 0 Å². The number of nitrogens with two attached hydrogens (primary N) is 1. The number of aromatic nitrogens is 4. The maximum atomic E-state index is 11.9. The molecule has 0 aliphatic carbocycles. The number of benzene rings is 1. The van der Waals surface area contributed by atoms with Gasteiger partial charge in [-0.15, -0.1) is 11.3 Å². The van der Waals surface area contributed by atoms with Crippen molar-refractivity contribution >= 4 is 28.1 Å². The number of thiazole rings is 1. The minimum atomic E-state index is -0.134. The summed E-state index contributed by atoms with van der Waals surface area (Å²) in [4.78, 5) is 17.4. The summed E-state index contributed by atoms with van der Waals surface area (Å²) in [5, 5.41) is 13.1. The Labute approximate surface area is 124 Å². The van der Waals surface area contributed by atoms with Crippen molar-refractivity contribution in [3.63, 3.8) is 0 Å². The molecule has 0 saturated heterocycles. The van der Waals surface area contributed by atoms with Crippen LogP contribution >= 0.6 is 11.3 Å². The molecule has 2 heterocycles. The standard InChI is InChI=1S/C13H12N6OS/c14-13-18-10(8-21-13)7-12(20)17-9-1-3-11(4-2-9)19-15-5-6-16-19/h1-6,8H,7H2,(H2,14,18)(H,17,20). The molecular weight excluding hydrogens is 288 g/mol. The number of carbonyl (C=O) groups is 1. The van der Waals surface area contributed by atoms with Gasteiger partial charge < -0.3 is 11.1 Å². The SMILES string of the molecule is Nc1nc(CC(=O)Nc2ccc(-n3nccn3)cc2)cs1. The number of nitrogens with zero attached hydrogens (tertiary/aromatic N) is 4. The van der Waals surface area contributed by atoms with Crippen LogP contribution in [0.1, 0.15) is 5.69 Å². The van der Waals surface area contributed by atoms with E-state index in [1.54, 1.807) is 29.9 Å². The van der Waals surface area contributed by atoms with Gasteiger partial charge in [0.05, 0.1) is 30.2 Å². The number of nitrogen functional groups attached to an aromatic ring is 1. The molecule has 106 valence electrons. The summed E-state index contributed by atoms with van der Waals surface area (Å²) < 4.78 is 0. The first kappa shape index (κ1) is 13.3. The zero-order valence-electron chi connectivity index (χ0n) is 10.9. The highest BCUT2D eigenvalue weighted by Crippen LogP contribution is 2.14. The van der Waals surface area contributed by atoms with Gasteiger partial charge in [0.15, 0.2) is 5.13 Å². The van der Waals surface area contributed by atoms with E-state index >= 15 is 0 Å². The van der Waals surface area contributed by atoms with Crippen LogP contribution in [0.2, 0.25) is 0 Å². The van der Waals surface area contributed by atoms with Crippen LogP contribution in [0.3, 0.4) is 0 Å². The van der Waals surface area contributed by atoms with E-state index in [1.165, 1.54) is 16.1 Å².